The fourth-order valence-corrected chi connectivity index (χ4v) is 3.42. The summed E-state index contributed by atoms with van der Waals surface area (Å²) < 4.78 is 1.84. The molecule has 2 aliphatic rings. The third-order valence-corrected chi connectivity index (χ3v) is 4.48. The molecule has 20 heavy (non-hydrogen) atoms. The van der Waals surface area contributed by atoms with Crippen molar-refractivity contribution in [1.29, 1.82) is 0 Å². The van der Waals surface area contributed by atoms with Gasteiger partial charge in [-0.15, -0.1) is 5.10 Å². The maximum Gasteiger partial charge on any atom is 0.0967 e. The monoisotopic (exact) mass is 278 g/mol. The van der Waals surface area contributed by atoms with Gasteiger partial charge in [-0.2, -0.15) is 0 Å². The molecule has 0 radical (unpaired) electrons. The van der Waals surface area contributed by atoms with Crippen molar-refractivity contribution in [2.75, 3.05) is 32.7 Å². The molecule has 2 N–H and O–H groups in total. The molecule has 0 aliphatic carbocycles. The van der Waals surface area contributed by atoms with E-state index in [0.717, 1.165) is 24.8 Å². The number of nitrogens with two attached hydrogens (primary N) is 1. The highest BCUT2D eigenvalue weighted by Crippen LogP contribution is 2.21. The average Bonchev–Trinajstić information content (AvgIpc) is 3.11. The van der Waals surface area contributed by atoms with E-state index in [4.69, 9.17) is 5.73 Å². The molecule has 0 saturated carbocycles. The second-order valence-corrected chi connectivity index (χ2v) is 6.04. The summed E-state index contributed by atoms with van der Waals surface area (Å²) in [5, 5.41) is 8.34. The van der Waals surface area contributed by atoms with E-state index < -0.39 is 0 Å². The van der Waals surface area contributed by atoms with Crippen LogP contribution < -0.4 is 5.73 Å². The van der Waals surface area contributed by atoms with Gasteiger partial charge in [-0.1, -0.05) is 11.6 Å². The number of nitrogens with zero attached hydrogens (tertiary/aromatic N) is 5. The van der Waals surface area contributed by atoms with E-state index in [1.165, 1.54) is 51.9 Å². The van der Waals surface area contributed by atoms with Crippen molar-refractivity contribution in [2.45, 2.75) is 44.8 Å². The summed E-state index contributed by atoms with van der Waals surface area (Å²) in [4.78, 5) is 5.20. The van der Waals surface area contributed by atoms with Crippen molar-refractivity contribution in [3.05, 3.63) is 11.9 Å². The van der Waals surface area contributed by atoms with Crippen LogP contribution in [-0.4, -0.2) is 63.6 Å². The van der Waals surface area contributed by atoms with Crippen LogP contribution in [0.3, 0.4) is 0 Å². The van der Waals surface area contributed by atoms with Gasteiger partial charge in [0.15, 0.2) is 0 Å². The third-order valence-electron chi connectivity index (χ3n) is 4.48. The zero-order valence-corrected chi connectivity index (χ0v) is 12.2. The Balaban J connectivity index is 1.49. The predicted molar refractivity (Wildman–Crippen MR) is 78.2 cm³/mol. The second kappa shape index (κ2) is 6.65. The summed E-state index contributed by atoms with van der Waals surface area (Å²) in [6.45, 7) is 7.26. The molecule has 1 aromatic heterocycles. The van der Waals surface area contributed by atoms with E-state index >= 15 is 0 Å². The average molecular weight is 278 g/mol. The minimum atomic E-state index is 0.615. The van der Waals surface area contributed by atoms with Crippen LogP contribution in [0.5, 0.6) is 0 Å². The smallest absolute Gasteiger partial charge is 0.0967 e. The van der Waals surface area contributed by atoms with Gasteiger partial charge in [-0.3, -0.25) is 14.5 Å². The van der Waals surface area contributed by atoms with Crippen molar-refractivity contribution >= 4 is 0 Å². The van der Waals surface area contributed by atoms with Crippen LogP contribution >= 0.6 is 0 Å². The topological polar surface area (TPSA) is 63.2 Å². The first-order chi connectivity index (χ1) is 9.85. The number of aromatic nitrogens is 3. The van der Waals surface area contributed by atoms with Crippen LogP contribution in [0.15, 0.2) is 6.20 Å². The zero-order chi connectivity index (χ0) is 13.8. The van der Waals surface area contributed by atoms with Gasteiger partial charge in [0.2, 0.25) is 0 Å². The molecule has 1 atom stereocenters. The van der Waals surface area contributed by atoms with Gasteiger partial charge in [-0.05, 0) is 32.4 Å². The lowest BCUT2D eigenvalue weighted by molar-refractivity contribution is 0.161. The lowest BCUT2D eigenvalue weighted by Crippen LogP contribution is -2.40. The molecule has 2 aliphatic heterocycles. The summed E-state index contributed by atoms with van der Waals surface area (Å²) in [6.07, 6.45) is 7.50. The summed E-state index contributed by atoms with van der Waals surface area (Å²) >= 11 is 0. The number of hydrogen-bond donors (Lipinski definition) is 1. The van der Waals surface area contributed by atoms with Crippen LogP contribution in [0.2, 0.25) is 0 Å². The first-order valence-electron chi connectivity index (χ1n) is 7.90. The Morgan fingerprint density at radius 1 is 1.20 bits per heavy atom. The third kappa shape index (κ3) is 3.37. The number of likely N-dealkylation sites (tertiary alicyclic amines) is 2. The van der Waals surface area contributed by atoms with E-state index in [1.54, 1.807) is 0 Å². The van der Waals surface area contributed by atoms with Crippen LogP contribution in [-0.2, 0) is 13.1 Å². The molecule has 3 rings (SSSR count). The SMILES string of the molecule is NCCn1cc(CN2CCC(N3CCCCC3)C2)nn1. The predicted octanol–water partition coefficient (Wildman–Crippen LogP) is 0.297. The van der Waals surface area contributed by atoms with Crippen molar-refractivity contribution in [2.24, 2.45) is 5.73 Å². The number of hydrogen-bond acceptors (Lipinski definition) is 5. The Morgan fingerprint density at radius 2 is 2.05 bits per heavy atom. The summed E-state index contributed by atoms with van der Waals surface area (Å²) in [7, 11) is 0. The molecule has 0 bridgehead atoms. The van der Waals surface area contributed by atoms with Gasteiger partial charge < -0.3 is 5.73 Å². The molecule has 1 aromatic rings. The minimum absolute atomic E-state index is 0.615. The lowest BCUT2D eigenvalue weighted by Gasteiger charge is -2.32. The molecule has 2 fully saturated rings. The van der Waals surface area contributed by atoms with E-state index in [2.05, 4.69) is 20.1 Å². The summed E-state index contributed by atoms with van der Waals surface area (Å²) in [5.74, 6) is 0. The maximum atomic E-state index is 5.53. The van der Waals surface area contributed by atoms with Crippen molar-refractivity contribution in [3.8, 4) is 0 Å². The molecular formula is C14H26N6. The molecule has 6 heteroatoms. The highest BCUT2D eigenvalue weighted by atomic mass is 15.4. The molecule has 3 heterocycles. The van der Waals surface area contributed by atoms with E-state index in [1.807, 2.05) is 10.9 Å². The van der Waals surface area contributed by atoms with Gasteiger partial charge in [0.1, 0.15) is 0 Å². The highest BCUT2D eigenvalue weighted by Gasteiger charge is 2.28. The summed E-state index contributed by atoms with van der Waals surface area (Å²) in [5.41, 5.74) is 6.60. The first-order valence-corrected chi connectivity index (χ1v) is 7.90. The van der Waals surface area contributed by atoms with Gasteiger partial charge in [0.25, 0.3) is 0 Å². The van der Waals surface area contributed by atoms with Crippen LogP contribution in [0.25, 0.3) is 0 Å². The van der Waals surface area contributed by atoms with E-state index in [0.29, 0.717) is 6.54 Å². The van der Waals surface area contributed by atoms with Crippen LogP contribution in [0.1, 0.15) is 31.4 Å². The highest BCUT2D eigenvalue weighted by molar-refractivity contribution is 4.95. The van der Waals surface area contributed by atoms with Gasteiger partial charge in [0, 0.05) is 38.4 Å². The molecule has 2 saturated heterocycles. The second-order valence-electron chi connectivity index (χ2n) is 6.04. The lowest BCUT2D eigenvalue weighted by atomic mass is 10.1. The molecule has 0 aromatic carbocycles. The number of piperidine rings is 1. The van der Waals surface area contributed by atoms with Gasteiger partial charge >= 0.3 is 0 Å². The molecular weight excluding hydrogens is 252 g/mol. The molecule has 1 unspecified atom stereocenters. The first kappa shape index (κ1) is 14.0. The molecule has 0 amide bonds. The Morgan fingerprint density at radius 3 is 2.85 bits per heavy atom. The standard InChI is InChI=1S/C14H26N6/c15-5-9-20-11-13(16-17-20)10-18-8-4-14(12-18)19-6-2-1-3-7-19/h11,14H,1-10,12,15H2. The van der Waals surface area contributed by atoms with E-state index in [-0.39, 0.29) is 0 Å². The number of rotatable bonds is 5. The Hall–Kier alpha value is -0.980. The normalized spacial score (nSPS) is 25.4. The van der Waals surface area contributed by atoms with Crippen LogP contribution in [0.4, 0.5) is 0 Å². The summed E-state index contributed by atoms with van der Waals surface area (Å²) in [6, 6.07) is 0.759. The quantitative estimate of drug-likeness (QED) is 0.839. The molecule has 112 valence electrons. The largest absolute Gasteiger partial charge is 0.329 e. The molecule has 6 nitrogen and oxygen atoms in total. The van der Waals surface area contributed by atoms with Crippen LogP contribution in [0, 0.1) is 0 Å². The Labute approximate surface area is 120 Å². The van der Waals surface area contributed by atoms with Crippen molar-refractivity contribution < 1.29 is 0 Å². The molecule has 0 spiro atoms. The van der Waals surface area contributed by atoms with Crippen molar-refractivity contribution in [3.63, 3.8) is 0 Å². The van der Waals surface area contributed by atoms with Gasteiger partial charge in [0.05, 0.1) is 12.2 Å². The van der Waals surface area contributed by atoms with Crippen molar-refractivity contribution in [1.82, 2.24) is 24.8 Å². The van der Waals surface area contributed by atoms with Gasteiger partial charge in [-0.25, -0.2) is 0 Å². The minimum Gasteiger partial charge on any atom is -0.329 e. The van der Waals surface area contributed by atoms with E-state index in [9.17, 15) is 0 Å². The fraction of sp³-hybridized carbons (Fsp3) is 0.857. The maximum absolute atomic E-state index is 5.53. The zero-order valence-electron chi connectivity index (χ0n) is 12.2. The fourth-order valence-electron chi connectivity index (χ4n) is 3.42. The Kier molecular flexibility index (Phi) is 4.65. The Bertz CT molecular complexity index is 412.